The Morgan fingerprint density at radius 3 is 2.52 bits per heavy atom. The molecule has 0 aliphatic carbocycles. The first-order valence-electron chi connectivity index (χ1n) is 11.1. The molecule has 1 N–H and O–H groups in total. The molecule has 0 aromatic heterocycles. The number of amides is 2. The van der Waals surface area contributed by atoms with Crippen LogP contribution in [-0.4, -0.2) is 67.2 Å². The summed E-state index contributed by atoms with van der Waals surface area (Å²) in [5, 5.41) is 2.55. The average Bonchev–Trinajstić information content (AvgIpc) is 2.80. The number of piperazine rings is 1. The number of nitrogens with one attached hydrogen (secondary N) is 1. The summed E-state index contributed by atoms with van der Waals surface area (Å²) >= 11 is 1.41. The van der Waals surface area contributed by atoms with Crippen LogP contribution in [0.5, 0.6) is 0 Å². The minimum atomic E-state index is -3.68. The van der Waals surface area contributed by atoms with Crippen LogP contribution in [0.1, 0.15) is 19.4 Å². The molecule has 0 spiro atoms. The van der Waals surface area contributed by atoms with E-state index < -0.39 is 15.8 Å². The number of sulfone groups is 1. The highest BCUT2D eigenvalue weighted by molar-refractivity contribution is 8.01. The number of thioether (sulfide) groups is 1. The van der Waals surface area contributed by atoms with Crippen molar-refractivity contribution in [2.75, 3.05) is 37.2 Å². The number of hydrogen-bond acceptors (Lipinski definition) is 6. The third-order valence-corrected chi connectivity index (χ3v) is 9.15. The van der Waals surface area contributed by atoms with Crippen molar-refractivity contribution in [3.8, 4) is 0 Å². The van der Waals surface area contributed by atoms with Gasteiger partial charge in [-0.3, -0.25) is 14.5 Å². The average molecular weight is 488 g/mol. The minimum Gasteiger partial charge on any atom is -0.340 e. The van der Waals surface area contributed by atoms with Gasteiger partial charge in [0.1, 0.15) is 0 Å². The van der Waals surface area contributed by atoms with Gasteiger partial charge >= 0.3 is 0 Å². The van der Waals surface area contributed by atoms with Crippen molar-refractivity contribution < 1.29 is 18.0 Å². The van der Waals surface area contributed by atoms with Crippen LogP contribution in [0.15, 0.2) is 58.3 Å². The summed E-state index contributed by atoms with van der Waals surface area (Å²) in [7, 11) is -3.68. The summed E-state index contributed by atoms with van der Waals surface area (Å²) in [6.07, 6.45) is 0. The SMILES string of the molecule is C[C@H](CS(=O)(=O)c1ccc2c(c1)NC(=O)[C@@H](C)S2)C(=O)N1CCN(Cc2ccccc2)CC1. The van der Waals surface area contributed by atoms with Crippen LogP contribution in [0.3, 0.4) is 0 Å². The molecular weight excluding hydrogens is 458 g/mol. The molecule has 2 heterocycles. The van der Waals surface area contributed by atoms with Crippen LogP contribution in [0, 0.1) is 5.92 Å². The monoisotopic (exact) mass is 487 g/mol. The quantitative estimate of drug-likeness (QED) is 0.674. The third-order valence-electron chi connectivity index (χ3n) is 6.06. The van der Waals surface area contributed by atoms with Crippen LogP contribution >= 0.6 is 11.8 Å². The van der Waals surface area contributed by atoms with Crippen LogP contribution in [0.2, 0.25) is 0 Å². The van der Waals surface area contributed by atoms with Gasteiger partial charge in [0.2, 0.25) is 11.8 Å². The van der Waals surface area contributed by atoms with E-state index in [0.717, 1.165) is 24.5 Å². The van der Waals surface area contributed by atoms with Crippen LogP contribution in [0.25, 0.3) is 0 Å². The van der Waals surface area contributed by atoms with Crippen molar-refractivity contribution in [3.05, 3.63) is 54.1 Å². The van der Waals surface area contributed by atoms with Gasteiger partial charge in [-0.15, -0.1) is 11.8 Å². The topological polar surface area (TPSA) is 86.8 Å². The molecule has 2 aliphatic rings. The standard InChI is InChI=1S/C24H29N3O4S2/c1-17(24(29)27-12-10-26(11-13-27)15-19-6-4-3-5-7-19)16-33(30,31)20-8-9-22-21(14-20)25-23(28)18(2)32-22/h3-9,14,17-18H,10-13,15-16H2,1-2H3,(H,25,28)/t17-,18-/m1/s1. The lowest BCUT2D eigenvalue weighted by Gasteiger charge is -2.36. The normalized spacial score (nSPS) is 20.1. The minimum absolute atomic E-state index is 0.129. The molecule has 4 rings (SSSR count). The molecule has 0 saturated carbocycles. The number of fused-ring (bicyclic) bond motifs is 1. The van der Waals surface area contributed by atoms with E-state index in [4.69, 9.17) is 0 Å². The molecule has 1 fully saturated rings. The molecule has 2 atom stereocenters. The van der Waals surface area contributed by atoms with Gasteiger partial charge in [-0.25, -0.2) is 8.42 Å². The molecule has 2 aromatic carbocycles. The molecule has 2 aliphatic heterocycles. The fourth-order valence-corrected chi connectivity index (χ4v) is 6.65. The second-order valence-electron chi connectivity index (χ2n) is 8.68. The second-order valence-corrected chi connectivity index (χ2v) is 12.1. The van der Waals surface area contributed by atoms with E-state index in [9.17, 15) is 18.0 Å². The summed E-state index contributed by atoms with van der Waals surface area (Å²) in [6, 6.07) is 15.0. The number of hydrogen-bond donors (Lipinski definition) is 1. The largest absolute Gasteiger partial charge is 0.340 e. The number of rotatable bonds is 6. The Hall–Kier alpha value is -2.36. The molecule has 9 heteroatoms. The van der Waals surface area contributed by atoms with Gasteiger partial charge in [-0.2, -0.15) is 0 Å². The number of nitrogens with zero attached hydrogens (tertiary/aromatic N) is 2. The molecule has 0 radical (unpaired) electrons. The zero-order valence-corrected chi connectivity index (χ0v) is 20.5. The van der Waals surface area contributed by atoms with Crippen LogP contribution in [-0.2, 0) is 26.0 Å². The summed E-state index contributed by atoms with van der Waals surface area (Å²) in [5.74, 6) is -1.17. The van der Waals surface area contributed by atoms with Gasteiger partial charge in [0.15, 0.2) is 9.84 Å². The first kappa shape index (κ1) is 23.8. The van der Waals surface area contributed by atoms with Crippen molar-refractivity contribution in [2.45, 2.75) is 35.4 Å². The molecule has 2 amide bonds. The van der Waals surface area contributed by atoms with E-state index in [-0.39, 0.29) is 27.7 Å². The number of carbonyl (C=O) groups excluding carboxylic acids is 2. The molecule has 7 nitrogen and oxygen atoms in total. The maximum atomic E-state index is 13.0. The van der Waals surface area contributed by atoms with Crippen molar-refractivity contribution in [2.24, 2.45) is 5.92 Å². The van der Waals surface area contributed by atoms with Gasteiger partial charge in [-0.1, -0.05) is 37.3 Å². The van der Waals surface area contributed by atoms with Gasteiger partial charge < -0.3 is 10.2 Å². The van der Waals surface area contributed by atoms with Gasteiger partial charge in [0, 0.05) is 43.5 Å². The summed E-state index contributed by atoms with van der Waals surface area (Å²) in [6.45, 7) is 7.04. The van der Waals surface area contributed by atoms with Crippen molar-refractivity contribution in [1.82, 2.24) is 9.80 Å². The molecule has 33 heavy (non-hydrogen) atoms. The van der Waals surface area contributed by atoms with Crippen LogP contribution < -0.4 is 5.32 Å². The predicted octanol–water partition coefficient (Wildman–Crippen LogP) is 2.87. The highest BCUT2D eigenvalue weighted by Crippen LogP contribution is 2.37. The van der Waals surface area contributed by atoms with E-state index >= 15 is 0 Å². The summed E-state index contributed by atoms with van der Waals surface area (Å²) in [5.41, 5.74) is 1.75. The lowest BCUT2D eigenvalue weighted by Crippen LogP contribution is -2.50. The van der Waals surface area contributed by atoms with E-state index in [0.29, 0.717) is 18.8 Å². The Labute approximate surface area is 199 Å². The molecule has 1 saturated heterocycles. The van der Waals surface area contributed by atoms with Gasteiger partial charge in [0.25, 0.3) is 0 Å². The lowest BCUT2D eigenvalue weighted by atomic mass is 10.1. The predicted molar refractivity (Wildman–Crippen MR) is 130 cm³/mol. The van der Waals surface area contributed by atoms with Crippen LogP contribution in [0.4, 0.5) is 5.69 Å². The summed E-state index contributed by atoms with van der Waals surface area (Å²) in [4.78, 5) is 30.0. The smallest absolute Gasteiger partial charge is 0.237 e. The van der Waals surface area contributed by atoms with Gasteiger partial charge in [-0.05, 0) is 30.7 Å². The molecule has 0 bridgehead atoms. The first-order valence-corrected chi connectivity index (χ1v) is 13.7. The zero-order valence-electron chi connectivity index (χ0n) is 18.9. The molecular formula is C24H29N3O4S2. The van der Waals surface area contributed by atoms with E-state index in [1.807, 2.05) is 25.1 Å². The maximum Gasteiger partial charge on any atom is 0.237 e. The highest BCUT2D eigenvalue weighted by Gasteiger charge is 2.30. The maximum absolute atomic E-state index is 13.0. The fourth-order valence-electron chi connectivity index (χ4n) is 4.16. The Balaban J connectivity index is 1.35. The Bertz CT molecular complexity index is 1130. The molecule has 0 unspecified atom stereocenters. The third kappa shape index (κ3) is 5.59. The van der Waals surface area contributed by atoms with E-state index in [2.05, 4.69) is 22.3 Å². The second kappa shape index (κ2) is 9.87. The number of carbonyl (C=O) groups is 2. The lowest BCUT2D eigenvalue weighted by molar-refractivity contribution is -0.136. The molecule has 2 aromatic rings. The van der Waals surface area contributed by atoms with Crippen molar-refractivity contribution in [3.63, 3.8) is 0 Å². The first-order chi connectivity index (χ1) is 15.7. The Kier molecular flexibility index (Phi) is 7.11. The summed E-state index contributed by atoms with van der Waals surface area (Å²) < 4.78 is 26.0. The number of anilines is 1. The Morgan fingerprint density at radius 1 is 1.12 bits per heavy atom. The van der Waals surface area contributed by atoms with Crippen molar-refractivity contribution in [1.29, 1.82) is 0 Å². The highest BCUT2D eigenvalue weighted by atomic mass is 32.2. The fraction of sp³-hybridized carbons (Fsp3) is 0.417. The Morgan fingerprint density at radius 2 is 1.82 bits per heavy atom. The van der Waals surface area contributed by atoms with E-state index in [1.54, 1.807) is 24.0 Å². The van der Waals surface area contributed by atoms with Crippen molar-refractivity contribution >= 4 is 39.1 Å². The number of benzene rings is 2. The van der Waals surface area contributed by atoms with E-state index in [1.165, 1.54) is 23.4 Å². The molecule has 176 valence electrons. The van der Waals surface area contributed by atoms with Gasteiger partial charge in [0.05, 0.1) is 21.6 Å². The zero-order chi connectivity index (χ0) is 23.6.